The highest BCUT2D eigenvalue weighted by Gasteiger charge is 2.39. The summed E-state index contributed by atoms with van der Waals surface area (Å²) in [6.45, 7) is 6.68. The molecule has 0 amide bonds. The van der Waals surface area contributed by atoms with Gasteiger partial charge in [-0.3, -0.25) is 0 Å². The van der Waals surface area contributed by atoms with Gasteiger partial charge in [0.25, 0.3) is 0 Å². The van der Waals surface area contributed by atoms with Crippen molar-refractivity contribution in [2.45, 2.75) is 33.2 Å². The number of benzene rings is 2. The molecule has 0 fully saturated rings. The number of fused-ring (bicyclic) bond motifs is 1. The molecule has 21 heavy (non-hydrogen) atoms. The molecule has 1 aliphatic carbocycles. The minimum absolute atomic E-state index is 0.141. The van der Waals surface area contributed by atoms with Gasteiger partial charge < -0.3 is 5.32 Å². The highest BCUT2D eigenvalue weighted by Crippen LogP contribution is 2.47. The normalized spacial score (nSPS) is 19.4. The molecular weight excluding hydrogens is 301 g/mol. The Morgan fingerprint density at radius 3 is 2.48 bits per heavy atom. The van der Waals surface area contributed by atoms with E-state index in [1.807, 2.05) is 24.3 Å². The van der Waals surface area contributed by atoms with Crippen molar-refractivity contribution >= 4 is 28.9 Å². The molecular formula is C18H19Cl2N. The lowest BCUT2D eigenvalue weighted by molar-refractivity contribution is 0.337. The van der Waals surface area contributed by atoms with E-state index >= 15 is 0 Å². The van der Waals surface area contributed by atoms with Crippen LogP contribution in [0, 0.1) is 12.3 Å². The van der Waals surface area contributed by atoms with E-state index in [1.54, 1.807) is 0 Å². The van der Waals surface area contributed by atoms with Gasteiger partial charge in [0, 0.05) is 15.7 Å². The molecule has 0 radical (unpaired) electrons. The Labute approximate surface area is 136 Å². The number of rotatable bonds is 2. The first-order valence-corrected chi connectivity index (χ1v) is 7.93. The molecule has 1 nitrogen and oxygen atoms in total. The van der Waals surface area contributed by atoms with Crippen molar-refractivity contribution in [2.24, 2.45) is 5.41 Å². The van der Waals surface area contributed by atoms with Crippen LogP contribution >= 0.6 is 23.2 Å². The quantitative estimate of drug-likeness (QED) is 0.711. The number of halogens is 2. The van der Waals surface area contributed by atoms with Crippen LogP contribution in [0.1, 0.15) is 36.6 Å². The van der Waals surface area contributed by atoms with Gasteiger partial charge in [-0.25, -0.2) is 0 Å². The van der Waals surface area contributed by atoms with E-state index in [9.17, 15) is 0 Å². The highest BCUT2D eigenvalue weighted by molar-refractivity contribution is 6.31. The largest absolute Gasteiger partial charge is 0.377 e. The molecule has 0 aliphatic heterocycles. The first-order chi connectivity index (χ1) is 9.87. The number of hydrogen-bond acceptors (Lipinski definition) is 1. The Balaban J connectivity index is 2.01. The van der Waals surface area contributed by atoms with Crippen LogP contribution in [-0.2, 0) is 6.42 Å². The third kappa shape index (κ3) is 2.77. The maximum Gasteiger partial charge on any atom is 0.0571 e. The molecule has 1 atom stereocenters. The van der Waals surface area contributed by atoms with Gasteiger partial charge in [-0.2, -0.15) is 0 Å². The molecule has 3 rings (SSSR count). The van der Waals surface area contributed by atoms with E-state index in [4.69, 9.17) is 23.2 Å². The fourth-order valence-corrected chi connectivity index (χ4v) is 3.54. The molecule has 110 valence electrons. The molecule has 1 N–H and O–H groups in total. The summed E-state index contributed by atoms with van der Waals surface area (Å²) >= 11 is 12.3. The van der Waals surface area contributed by atoms with Crippen molar-refractivity contribution in [3.63, 3.8) is 0 Å². The second-order valence-corrected chi connectivity index (χ2v) is 7.42. The number of hydrogen-bond donors (Lipinski definition) is 1. The molecule has 3 heteroatoms. The van der Waals surface area contributed by atoms with Gasteiger partial charge in [0.15, 0.2) is 0 Å². The second-order valence-electron chi connectivity index (χ2n) is 6.55. The Kier molecular flexibility index (Phi) is 3.67. The zero-order chi connectivity index (χ0) is 15.2. The zero-order valence-corrected chi connectivity index (χ0v) is 14.0. The third-order valence-electron chi connectivity index (χ3n) is 4.35. The summed E-state index contributed by atoms with van der Waals surface area (Å²) in [6, 6.07) is 12.4. The van der Waals surface area contributed by atoms with E-state index in [-0.39, 0.29) is 11.5 Å². The zero-order valence-electron chi connectivity index (χ0n) is 12.5. The van der Waals surface area contributed by atoms with Crippen LogP contribution in [0.15, 0.2) is 36.4 Å². The van der Waals surface area contributed by atoms with E-state index < -0.39 is 0 Å². The van der Waals surface area contributed by atoms with E-state index in [0.717, 1.165) is 22.2 Å². The molecule has 1 unspecified atom stereocenters. The standard InChI is InChI=1S/C18H19Cl2N/c1-11-4-6-14(20)9-16(11)21-17-15-8-13(19)7-5-12(15)10-18(17,2)3/h4-9,17,21H,10H2,1-3H3. The van der Waals surface area contributed by atoms with Crippen molar-refractivity contribution in [3.05, 3.63) is 63.1 Å². The molecule has 2 aromatic rings. The van der Waals surface area contributed by atoms with Crippen LogP contribution in [0.5, 0.6) is 0 Å². The summed E-state index contributed by atoms with van der Waals surface area (Å²) in [5.74, 6) is 0. The molecule has 0 heterocycles. The van der Waals surface area contributed by atoms with Crippen molar-refractivity contribution in [3.8, 4) is 0 Å². The topological polar surface area (TPSA) is 12.0 Å². The van der Waals surface area contributed by atoms with Crippen LogP contribution in [-0.4, -0.2) is 0 Å². The van der Waals surface area contributed by atoms with E-state index in [1.165, 1.54) is 16.7 Å². The average molecular weight is 320 g/mol. The lowest BCUT2D eigenvalue weighted by atomic mass is 9.85. The molecule has 2 aromatic carbocycles. The van der Waals surface area contributed by atoms with E-state index in [2.05, 4.69) is 38.2 Å². The Morgan fingerprint density at radius 1 is 1.05 bits per heavy atom. The second kappa shape index (κ2) is 5.23. The van der Waals surface area contributed by atoms with Crippen molar-refractivity contribution in [1.82, 2.24) is 0 Å². The van der Waals surface area contributed by atoms with Crippen LogP contribution < -0.4 is 5.32 Å². The number of nitrogens with one attached hydrogen (secondary N) is 1. The average Bonchev–Trinajstić information content (AvgIpc) is 2.65. The summed E-state index contributed by atoms with van der Waals surface area (Å²) < 4.78 is 0. The Hall–Kier alpha value is -1.18. The SMILES string of the molecule is Cc1ccc(Cl)cc1NC1c2cc(Cl)ccc2CC1(C)C. The number of anilines is 1. The first-order valence-electron chi connectivity index (χ1n) is 7.18. The number of aryl methyl sites for hydroxylation is 1. The van der Waals surface area contributed by atoms with Gasteiger partial charge in [0.2, 0.25) is 0 Å². The van der Waals surface area contributed by atoms with Crippen molar-refractivity contribution < 1.29 is 0 Å². The lowest BCUT2D eigenvalue weighted by Gasteiger charge is -2.30. The Morgan fingerprint density at radius 2 is 1.71 bits per heavy atom. The van der Waals surface area contributed by atoms with Crippen LogP contribution in [0.4, 0.5) is 5.69 Å². The summed E-state index contributed by atoms with van der Waals surface area (Å²) in [4.78, 5) is 0. The molecule has 0 saturated carbocycles. The first kappa shape index (κ1) is 14.7. The van der Waals surface area contributed by atoms with Gasteiger partial charge in [0.1, 0.15) is 0 Å². The third-order valence-corrected chi connectivity index (χ3v) is 4.82. The van der Waals surface area contributed by atoms with Crippen molar-refractivity contribution in [1.29, 1.82) is 0 Å². The van der Waals surface area contributed by atoms with Gasteiger partial charge in [-0.05, 0) is 59.7 Å². The molecule has 0 aromatic heterocycles. The van der Waals surface area contributed by atoms with Crippen LogP contribution in [0.3, 0.4) is 0 Å². The predicted octanol–water partition coefficient (Wildman–Crippen LogP) is 6.04. The fourth-order valence-electron chi connectivity index (χ4n) is 3.19. The maximum absolute atomic E-state index is 6.19. The smallest absolute Gasteiger partial charge is 0.0571 e. The summed E-state index contributed by atoms with van der Waals surface area (Å²) in [5, 5.41) is 5.23. The van der Waals surface area contributed by atoms with Gasteiger partial charge in [-0.15, -0.1) is 0 Å². The van der Waals surface area contributed by atoms with Gasteiger partial charge in [-0.1, -0.05) is 49.2 Å². The van der Waals surface area contributed by atoms with E-state index in [0.29, 0.717) is 0 Å². The molecule has 0 spiro atoms. The minimum atomic E-state index is 0.141. The van der Waals surface area contributed by atoms with Gasteiger partial charge in [0.05, 0.1) is 6.04 Å². The molecule has 0 bridgehead atoms. The maximum atomic E-state index is 6.19. The van der Waals surface area contributed by atoms with Crippen molar-refractivity contribution in [2.75, 3.05) is 5.32 Å². The fraction of sp³-hybridized carbons (Fsp3) is 0.333. The lowest BCUT2D eigenvalue weighted by Crippen LogP contribution is -2.24. The Bertz CT molecular complexity index is 692. The van der Waals surface area contributed by atoms with Crippen LogP contribution in [0.25, 0.3) is 0 Å². The minimum Gasteiger partial charge on any atom is -0.377 e. The summed E-state index contributed by atoms with van der Waals surface area (Å²) in [6.07, 6.45) is 1.05. The molecule has 1 aliphatic rings. The van der Waals surface area contributed by atoms with Crippen LogP contribution in [0.2, 0.25) is 10.0 Å². The monoisotopic (exact) mass is 319 g/mol. The predicted molar refractivity (Wildman–Crippen MR) is 91.5 cm³/mol. The summed E-state index contributed by atoms with van der Waals surface area (Å²) in [5.41, 5.74) is 5.11. The molecule has 0 saturated heterocycles. The van der Waals surface area contributed by atoms with Gasteiger partial charge >= 0.3 is 0 Å². The highest BCUT2D eigenvalue weighted by atomic mass is 35.5. The summed E-state index contributed by atoms with van der Waals surface area (Å²) in [7, 11) is 0.